The predicted molar refractivity (Wildman–Crippen MR) is 125 cm³/mol. The van der Waals surface area contributed by atoms with Gasteiger partial charge in [-0.05, 0) is 43.9 Å². The number of nitriles is 1. The zero-order valence-electron chi connectivity index (χ0n) is 19.1. The van der Waals surface area contributed by atoms with Crippen LogP contribution in [0, 0.1) is 11.5 Å². The second kappa shape index (κ2) is 10.4. The third-order valence-electron chi connectivity index (χ3n) is 6.56. The molecule has 2 amide bonds. The molecule has 36 heavy (non-hydrogen) atoms. The Bertz CT molecular complexity index is 1150. The van der Waals surface area contributed by atoms with Crippen molar-refractivity contribution in [3.05, 3.63) is 46.5 Å². The number of aromatic nitrogens is 1. The van der Waals surface area contributed by atoms with Gasteiger partial charge in [0.05, 0.1) is 23.0 Å². The summed E-state index contributed by atoms with van der Waals surface area (Å²) in [6, 6.07) is 4.23. The van der Waals surface area contributed by atoms with Crippen molar-refractivity contribution < 1.29 is 27.9 Å². The number of anilines is 1. The van der Waals surface area contributed by atoms with Crippen molar-refractivity contribution >= 4 is 28.3 Å². The first-order valence-electron chi connectivity index (χ1n) is 11.4. The van der Waals surface area contributed by atoms with Crippen LogP contribution in [0.4, 0.5) is 18.3 Å². The lowest BCUT2D eigenvalue weighted by atomic mass is 9.80. The molecule has 9 nitrogen and oxygen atoms in total. The second-order valence-corrected chi connectivity index (χ2v) is 10.0. The fourth-order valence-corrected chi connectivity index (χ4v) is 5.48. The van der Waals surface area contributed by atoms with Gasteiger partial charge in [0, 0.05) is 30.9 Å². The Balaban J connectivity index is 1.17. The number of nitrogens with zero attached hydrogens (tertiary/aromatic N) is 3. The summed E-state index contributed by atoms with van der Waals surface area (Å²) in [5.41, 5.74) is -2.05. The van der Waals surface area contributed by atoms with Crippen LogP contribution in [-0.2, 0) is 16.6 Å². The predicted octanol–water partition coefficient (Wildman–Crippen LogP) is 2.42. The van der Waals surface area contributed by atoms with E-state index in [1.54, 1.807) is 6.20 Å². The van der Waals surface area contributed by atoms with Crippen molar-refractivity contribution in [3.63, 3.8) is 0 Å². The van der Waals surface area contributed by atoms with Gasteiger partial charge in [0.1, 0.15) is 5.60 Å². The Morgan fingerprint density at radius 2 is 2.00 bits per heavy atom. The molecule has 2 heterocycles. The molecule has 192 valence electrons. The second-order valence-electron chi connectivity index (χ2n) is 9.01. The van der Waals surface area contributed by atoms with Crippen molar-refractivity contribution in [1.29, 1.82) is 5.26 Å². The first-order valence-corrected chi connectivity index (χ1v) is 12.2. The average Bonchev–Trinajstić information content (AvgIpc) is 3.30. The molecule has 0 bridgehead atoms. The minimum atomic E-state index is -4.55. The number of halogens is 3. The largest absolute Gasteiger partial charge is 0.416 e. The Morgan fingerprint density at radius 3 is 2.67 bits per heavy atom. The van der Waals surface area contributed by atoms with E-state index in [9.17, 15) is 27.9 Å². The molecule has 0 atom stereocenters. The molecule has 2 aromatic rings. The summed E-state index contributed by atoms with van der Waals surface area (Å²) in [7, 11) is 0. The first kappa shape index (κ1) is 25.9. The molecule has 13 heteroatoms. The number of thiazole rings is 1. The topological polar surface area (TPSA) is 130 Å². The van der Waals surface area contributed by atoms with Gasteiger partial charge in [-0.2, -0.15) is 18.4 Å². The van der Waals surface area contributed by atoms with Gasteiger partial charge in [0.15, 0.2) is 11.3 Å². The van der Waals surface area contributed by atoms with Gasteiger partial charge >= 0.3 is 6.18 Å². The van der Waals surface area contributed by atoms with E-state index in [2.05, 4.69) is 25.8 Å². The molecule has 1 saturated carbocycles. The van der Waals surface area contributed by atoms with Crippen LogP contribution in [0.3, 0.4) is 0 Å². The molecule has 2 fully saturated rings. The van der Waals surface area contributed by atoms with Crippen molar-refractivity contribution in [2.24, 2.45) is 0 Å². The number of hydrogen-bond donors (Lipinski definition) is 4. The highest BCUT2D eigenvalue weighted by Gasteiger charge is 2.41. The standard InChI is InChI=1S/C23H25F3N6O3S/c24-23(25,26)15-3-1-2-14(8-15)20(34)28-10-19(33)31-16-11-32(12-16)17-4-6-22(35,7-5-17)18-9-29-21(36-18)30-13-27/h1-3,8-9,16-17,35H,4-7,10-12H2,(H,28,34)(H,29,30)(H,31,33). The summed E-state index contributed by atoms with van der Waals surface area (Å²) in [6.07, 6.45) is 1.57. The van der Waals surface area contributed by atoms with Gasteiger partial charge in [-0.15, -0.1) is 0 Å². The van der Waals surface area contributed by atoms with Crippen molar-refractivity contribution in [1.82, 2.24) is 20.5 Å². The molecule has 1 aromatic carbocycles. The number of carbonyl (C=O) groups is 2. The highest BCUT2D eigenvalue weighted by atomic mass is 32.1. The molecule has 1 aliphatic carbocycles. The zero-order valence-corrected chi connectivity index (χ0v) is 20.0. The number of alkyl halides is 3. The van der Waals surface area contributed by atoms with E-state index in [0.717, 1.165) is 35.9 Å². The van der Waals surface area contributed by atoms with Crippen LogP contribution in [0.1, 0.15) is 46.5 Å². The van der Waals surface area contributed by atoms with Crippen LogP contribution in [-0.4, -0.2) is 58.5 Å². The third kappa shape index (κ3) is 5.95. The molecule has 2 aliphatic rings. The molecule has 4 N–H and O–H groups in total. The average molecular weight is 523 g/mol. The number of rotatable bonds is 7. The fraction of sp³-hybridized carbons (Fsp3) is 0.478. The van der Waals surface area contributed by atoms with Crippen molar-refractivity contribution in [2.75, 3.05) is 25.0 Å². The quantitative estimate of drug-likeness (QED) is 0.325. The van der Waals surface area contributed by atoms with Crippen molar-refractivity contribution in [2.45, 2.75) is 49.5 Å². The third-order valence-corrected chi connectivity index (χ3v) is 7.67. The summed E-state index contributed by atoms with van der Waals surface area (Å²) in [5, 5.41) is 27.8. The normalized spacial score (nSPS) is 22.8. The van der Waals surface area contributed by atoms with Crippen LogP contribution in [0.15, 0.2) is 30.5 Å². The van der Waals surface area contributed by atoms with Crippen LogP contribution >= 0.6 is 11.3 Å². The monoisotopic (exact) mass is 522 g/mol. The Labute approximate surface area is 209 Å². The fourth-order valence-electron chi connectivity index (χ4n) is 4.57. The molecule has 0 unspecified atom stereocenters. The van der Waals surface area contributed by atoms with E-state index in [0.29, 0.717) is 31.1 Å². The summed E-state index contributed by atoms with van der Waals surface area (Å²) < 4.78 is 38.5. The van der Waals surface area contributed by atoms with Gasteiger partial charge < -0.3 is 15.7 Å². The summed E-state index contributed by atoms with van der Waals surface area (Å²) in [5.74, 6) is -1.16. The zero-order chi connectivity index (χ0) is 25.9. The van der Waals surface area contributed by atoms with E-state index in [1.807, 2.05) is 6.19 Å². The number of likely N-dealkylation sites (tertiary alicyclic amines) is 1. The van der Waals surface area contributed by atoms with E-state index in [4.69, 9.17) is 5.26 Å². The highest BCUT2D eigenvalue weighted by Crippen LogP contribution is 2.42. The lowest BCUT2D eigenvalue weighted by molar-refractivity contribution is -0.137. The molecule has 0 spiro atoms. The lowest BCUT2D eigenvalue weighted by Gasteiger charge is -2.48. The number of nitrogens with one attached hydrogen (secondary N) is 3. The molecular weight excluding hydrogens is 497 g/mol. The molecule has 1 aliphatic heterocycles. The summed E-state index contributed by atoms with van der Waals surface area (Å²) in [4.78, 5) is 31.4. The minimum Gasteiger partial charge on any atom is -0.384 e. The van der Waals surface area contributed by atoms with Crippen molar-refractivity contribution in [3.8, 4) is 6.19 Å². The molecule has 1 saturated heterocycles. The van der Waals surface area contributed by atoms with Gasteiger partial charge in [0.25, 0.3) is 5.91 Å². The first-order chi connectivity index (χ1) is 17.1. The summed E-state index contributed by atoms with van der Waals surface area (Å²) >= 11 is 1.27. The van der Waals surface area contributed by atoms with Crippen LogP contribution in [0.25, 0.3) is 0 Å². The van der Waals surface area contributed by atoms with Crippen LogP contribution < -0.4 is 16.0 Å². The maximum absolute atomic E-state index is 12.8. The van der Waals surface area contributed by atoms with Gasteiger partial charge in [-0.3, -0.25) is 19.8 Å². The van der Waals surface area contributed by atoms with E-state index < -0.39 is 29.2 Å². The molecule has 4 rings (SSSR count). The number of carbonyl (C=O) groups excluding carboxylic acids is 2. The van der Waals surface area contributed by atoms with E-state index in [-0.39, 0.29) is 24.2 Å². The van der Waals surface area contributed by atoms with Gasteiger partial charge in [0.2, 0.25) is 5.91 Å². The van der Waals surface area contributed by atoms with Crippen LogP contribution in [0.2, 0.25) is 0 Å². The Hall–Kier alpha value is -3.21. The number of benzene rings is 1. The molecule has 0 radical (unpaired) electrons. The Kier molecular flexibility index (Phi) is 7.49. The van der Waals surface area contributed by atoms with Gasteiger partial charge in [-0.25, -0.2) is 4.98 Å². The summed E-state index contributed by atoms with van der Waals surface area (Å²) in [6.45, 7) is 0.958. The van der Waals surface area contributed by atoms with E-state index in [1.165, 1.54) is 17.4 Å². The smallest absolute Gasteiger partial charge is 0.384 e. The van der Waals surface area contributed by atoms with Crippen LogP contribution in [0.5, 0.6) is 0 Å². The SMILES string of the molecule is N#CNc1ncc(C2(O)CCC(N3CC(NC(=O)CNC(=O)c4cccc(C(F)(F)F)c4)C3)CC2)s1. The van der Waals surface area contributed by atoms with E-state index >= 15 is 0 Å². The Morgan fingerprint density at radius 1 is 1.28 bits per heavy atom. The number of aliphatic hydroxyl groups is 1. The minimum absolute atomic E-state index is 0.0788. The molecular formula is C23H25F3N6O3S. The number of hydrogen-bond acceptors (Lipinski definition) is 8. The number of amides is 2. The highest BCUT2D eigenvalue weighted by molar-refractivity contribution is 7.15. The lowest BCUT2D eigenvalue weighted by Crippen LogP contribution is -2.63. The van der Waals surface area contributed by atoms with Gasteiger partial charge in [-0.1, -0.05) is 17.4 Å². The maximum Gasteiger partial charge on any atom is 0.416 e. The molecule has 1 aromatic heterocycles. The maximum atomic E-state index is 12.8.